The van der Waals surface area contributed by atoms with Crippen LogP contribution in [0.15, 0.2) is 24.3 Å². The summed E-state index contributed by atoms with van der Waals surface area (Å²) in [4.78, 5) is 23.0. The maximum absolute atomic E-state index is 11.6. The van der Waals surface area contributed by atoms with Crippen LogP contribution < -0.4 is 5.43 Å². The van der Waals surface area contributed by atoms with Crippen molar-refractivity contribution in [2.75, 3.05) is 13.7 Å². The van der Waals surface area contributed by atoms with Crippen LogP contribution in [0.4, 0.5) is 0 Å². The second-order valence-corrected chi connectivity index (χ2v) is 5.97. The van der Waals surface area contributed by atoms with Gasteiger partial charge in [0, 0.05) is 19.0 Å². The molecule has 0 heterocycles. The molecule has 0 bridgehead atoms. The molecule has 1 aromatic rings. The van der Waals surface area contributed by atoms with E-state index in [1.807, 2.05) is 32.9 Å². The number of carbonyl (C=O) groups is 2. The monoisotopic (exact) mass is 292 g/mol. The molecule has 1 amide bonds. The zero-order chi connectivity index (χ0) is 16.0. The lowest BCUT2D eigenvalue weighted by Crippen LogP contribution is -2.52. The number of methoxy groups -OCH3 is 1. The number of nitrogens with zero attached hydrogens (tertiary/aromatic N) is 1. The minimum Gasteiger partial charge on any atom is -0.465 e. The van der Waals surface area contributed by atoms with E-state index in [0.717, 1.165) is 5.56 Å². The van der Waals surface area contributed by atoms with Crippen molar-refractivity contribution in [3.63, 3.8) is 0 Å². The lowest BCUT2D eigenvalue weighted by atomic mass is 10.1. The van der Waals surface area contributed by atoms with Crippen molar-refractivity contribution in [1.29, 1.82) is 0 Å². The molecule has 0 saturated carbocycles. The molecule has 0 radical (unpaired) electrons. The summed E-state index contributed by atoms with van der Waals surface area (Å²) in [6.07, 6.45) is 0.712. The fourth-order valence-electron chi connectivity index (χ4n) is 1.86. The Morgan fingerprint density at radius 2 is 1.76 bits per heavy atom. The van der Waals surface area contributed by atoms with Crippen molar-refractivity contribution < 1.29 is 14.3 Å². The molecule has 1 N–H and O–H groups in total. The van der Waals surface area contributed by atoms with Crippen molar-refractivity contribution in [2.45, 2.75) is 39.7 Å². The molecule has 0 aliphatic heterocycles. The number of amides is 1. The molecular weight excluding hydrogens is 268 g/mol. The molecule has 116 valence electrons. The van der Waals surface area contributed by atoms with Crippen LogP contribution in [0.5, 0.6) is 0 Å². The van der Waals surface area contributed by atoms with E-state index in [9.17, 15) is 9.59 Å². The van der Waals surface area contributed by atoms with Gasteiger partial charge in [-0.3, -0.25) is 9.80 Å². The highest BCUT2D eigenvalue weighted by Crippen LogP contribution is 2.08. The Morgan fingerprint density at radius 1 is 1.19 bits per heavy atom. The van der Waals surface area contributed by atoms with Crippen LogP contribution in [0.1, 0.15) is 43.6 Å². The maximum Gasteiger partial charge on any atom is 0.337 e. The van der Waals surface area contributed by atoms with Crippen LogP contribution in [0.2, 0.25) is 0 Å². The highest BCUT2D eigenvalue weighted by molar-refractivity contribution is 5.89. The van der Waals surface area contributed by atoms with Gasteiger partial charge in [0.2, 0.25) is 5.91 Å². The quantitative estimate of drug-likeness (QED) is 0.667. The van der Waals surface area contributed by atoms with Gasteiger partial charge in [0.1, 0.15) is 0 Å². The van der Waals surface area contributed by atoms with Gasteiger partial charge in [-0.05, 0) is 44.9 Å². The van der Waals surface area contributed by atoms with Gasteiger partial charge in [-0.1, -0.05) is 12.1 Å². The zero-order valence-corrected chi connectivity index (χ0v) is 13.4. The Balaban J connectivity index is 2.64. The summed E-state index contributed by atoms with van der Waals surface area (Å²) in [5, 5.41) is 1.62. The lowest BCUT2D eigenvalue weighted by Gasteiger charge is -2.31. The van der Waals surface area contributed by atoms with Gasteiger partial charge in [0.05, 0.1) is 12.7 Å². The van der Waals surface area contributed by atoms with E-state index in [2.05, 4.69) is 10.2 Å². The van der Waals surface area contributed by atoms with Crippen LogP contribution in [0.3, 0.4) is 0 Å². The molecule has 0 aromatic heterocycles. The van der Waals surface area contributed by atoms with Crippen LogP contribution in [-0.4, -0.2) is 36.1 Å². The molecular formula is C16H24N2O3. The fraction of sp³-hybridized carbons (Fsp3) is 0.500. The standard InChI is InChI=1S/C16H24N2O3/c1-12(19)18(17-16(2,3)4)11-10-13-6-8-14(9-7-13)15(20)21-5/h6-9,17H,10-11H2,1-5H3. The third-order valence-electron chi connectivity index (χ3n) is 2.85. The SMILES string of the molecule is COC(=O)c1ccc(CCN(NC(C)(C)C)C(C)=O)cc1. The third-order valence-corrected chi connectivity index (χ3v) is 2.85. The molecule has 1 aromatic carbocycles. The number of hydrogen-bond acceptors (Lipinski definition) is 4. The summed E-state index contributed by atoms with van der Waals surface area (Å²) in [5.74, 6) is -0.364. The van der Waals surface area contributed by atoms with Gasteiger partial charge >= 0.3 is 5.97 Å². The summed E-state index contributed by atoms with van der Waals surface area (Å²) in [5.41, 5.74) is 4.59. The first-order chi connectivity index (χ1) is 9.73. The largest absolute Gasteiger partial charge is 0.465 e. The molecule has 0 spiro atoms. The third kappa shape index (κ3) is 5.95. The van der Waals surface area contributed by atoms with Crippen LogP contribution in [0, 0.1) is 0 Å². The maximum atomic E-state index is 11.6. The smallest absolute Gasteiger partial charge is 0.337 e. The van der Waals surface area contributed by atoms with E-state index in [0.29, 0.717) is 18.5 Å². The normalized spacial score (nSPS) is 11.1. The Hall–Kier alpha value is -1.88. The highest BCUT2D eigenvalue weighted by atomic mass is 16.5. The molecule has 21 heavy (non-hydrogen) atoms. The summed E-state index contributed by atoms with van der Waals surface area (Å²) in [6.45, 7) is 8.14. The predicted molar refractivity (Wildman–Crippen MR) is 81.8 cm³/mol. The summed E-state index contributed by atoms with van der Waals surface area (Å²) in [7, 11) is 1.36. The van der Waals surface area contributed by atoms with Gasteiger partial charge < -0.3 is 4.74 Å². The van der Waals surface area contributed by atoms with Gasteiger partial charge in [-0.2, -0.15) is 0 Å². The Morgan fingerprint density at radius 3 is 2.19 bits per heavy atom. The minimum absolute atomic E-state index is 0.0175. The molecule has 5 heteroatoms. The number of ether oxygens (including phenoxy) is 1. The molecule has 0 atom stereocenters. The highest BCUT2D eigenvalue weighted by Gasteiger charge is 2.17. The molecule has 0 aliphatic rings. The van der Waals surface area contributed by atoms with Crippen LogP contribution in [-0.2, 0) is 16.0 Å². The van der Waals surface area contributed by atoms with Crippen LogP contribution in [0.25, 0.3) is 0 Å². The summed E-state index contributed by atoms with van der Waals surface area (Å²) < 4.78 is 4.66. The van der Waals surface area contributed by atoms with E-state index in [1.54, 1.807) is 24.1 Å². The minimum atomic E-state index is -0.346. The zero-order valence-electron chi connectivity index (χ0n) is 13.4. The first kappa shape index (κ1) is 17.2. The van der Waals surface area contributed by atoms with E-state index < -0.39 is 0 Å². The molecule has 0 saturated heterocycles. The molecule has 1 rings (SSSR count). The molecule has 0 aliphatic carbocycles. The first-order valence-corrected chi connectivity index (χ1v) is 6.96. The van der Waals surface area contributed by atoms with Crippen LogP contribution >= 0.6 is 0 Å². The fourth-order valence-corrected chi connectivity index (χ4v) is 1.86. The Kier molecular flexibility index (Phi) is 5.90. The van der Waals surface area contributed by atoms with Gasteiger partial charge in [0.15, 0.2) is 0 Å². The summed E-state index contributed by atoms with van der Waals surface area (Å²) >= 11 is 0. The van der Waals surface area contributed by atoms with Gasteiger partial charge in [0.25, 0.3) is 0 Å². The van der Waals surface area contributed by atoms with Crippen molar-refractivity contribution in [1.82, 2.24) is 10.4 Å². The number of carbonyl (C=O) groups excluding carboxylic acids is 2. The number of hydrogen-bond donors (Lipinski definition) is 1. The average Bonchev–Trinajstić information content (AvgIpc) is 2.41. The number of nitrogens with one attached hydrogen (secondary N) is 1. The summed E-state index contributed by atoms with van der Waals surface area (Å²) in [6, 6.07) is 7.22. The van der Waals surface area contributed by atoms with Gasteiger partial charge in [-0.25, -0.2) is 10.2 Å². The van der Waals surface area contributed by atoms with E-state index in [-0.39, 0.29) is 17.4 Å². The van der Waals surface area contributed by atoms with E-state index >= 15 is 0 Å². The Labute approximate surface area is 126 Å². The first-order valence-electron chi connectivity index (χ1n) is 6.96. The van der Waals surface area contributed by atoms with Gasteiger partial charge in [-0.15, -0.1) is 0 Å². The predicted octanol–water partition coefficient (Wildman–Crippen LogP) is 2.17. The number of hydrazine groups is 1. The second kappa shape index (κ2) is 7.22. The molecule has 0 unspecified atom stereocenters. The molecule has 5 nitrogen and oxygen atoms in total. The number of rotatable bonds is 5. The van der Waals surface area contributed by atoms with Crippen molar-refractivity contribution in [3.05, 3.63) is 35.4 Å². The second-order valence-electron chi connectivity index (χ2n) is 5.97. The van der Waals surface area contributed by atoms with E-state index in [1.165, 1.54) is 7.11 Å². The number of benzene rings is 1. The van der Waals surface area contributed by atoms with Crippen molar-refractivity contribution >= 4 is 11.9 Å². The Bertz CT molecular complexity index is 489. The lowest BCUT2D eigenvalue weighted by molar-refractivity contribution is -0.133. The van der Waals surface area contributed by atoms with E-state index in [4.69, 9.17) is 0 Å². The van der Waals surface area contributed by atoms with Crippen molar-refractivity contribution in [3.8, 4) is 0 Å². The topological polar surface area (TPSA) is 58.6 Å². The average molecular weight is 292 g/mol. The number of esters is 1. The molecule has 0 fully saturated rings. The van der Waals surface area contributed by atoms with Crippen molar-refractivity contribution in [2.24, 2.45) is 0 Å².